The molecular weight excluding hydrogens is 206 g/mol. The zero-order valence-electron chi connectivity index (χ0n) is 6.57. The number of hydrogen-bond donors (Lipinski definition) is 1. The highest BCUT2D eigenvalue weighted by Gasteiger charge is 1.96. The Balaban J connectivity index is 2.52. The summed E-state index contributed by atoms with van der Waals surface area (Å²) in [7, 11) is 0. The van der Waals surface area contributed by atoms with E-state index in [1.54, 1.807) is 11.0 Å². The molecule has 0 radical (unpaired) electrons. The molecule has 0 saturated heterocycles. The van der Waals surface area contributed by atoms with Crippen molar-refractivity contribution in [1.29, 1.82) is 0 Å². The second kappa shape index (κ2) is 3.32. The van der Waals surface area contributed by atoms with Crippen LogP contribution < -0.4 is 0 Å². The van der Waals surface area contributed by atoms with Gasteiger partial charge in [0.05, 0.1) is 5.69 Å². The lowest BCUT2D eigenvalue weighted by atomic mass is 10.3. The number of benzene rings is 1. The van der Waals surface area contributed by atoms with Gasteiger partial charge in [-0.25, -0.2) is 9.67 Å². The fraction of sp³-hybridized carbons (Fsp3) is 0. The van der Waals surface area contributed by atoms with Crippen LogP contribution in [0.5, 0.6) is 0 Å². The van der Waals surface area contributed by atoms with Gasteiger partial charge in [0.15, 0.2) is 0 Å². The summed E-state index contributed by atoms with van der Waals surface area (Å²) in [5, 5.41) is 3.57. The van der Waals surface area contributed by atoms with Crippen LogP contribution in [0.1, 0.15) is 0 Å². The van der Waals surface area contributed by atoms with Crippen LogP contribution in [0.4, 0.5) is 0 Å². The molecule has 1 N–H and O–H groups in total. The average Bonchev–Trinajstić information content (AvgIpc) is 2.52. The normalized spacial score (nSPS) is 10.2. The van der Waals surface area contributed by atoms with Crippen LogP contribution in [0, 0.1) is 4.77 Å². The number of aromatic amines is 1. The summed E-state index contributed by atoms with van der Waals surface area (Å²) < 4.78 is 2.17. The molecule has 0 atom stereocenters. The van der Waals surface area contributed by atoms with Gasteiger partial charge in [-0.15, -0.1) is 0 Å². The van der Waals surface area contributed by atoms with E-state index >= 15 is 0 Å². The number of halogens is 1. The third-order valence-corrected chi connectivity index (χ3v) is 2.02. The second-order valence-electron chi connectivity index (χ2n) is 2.51. The van der Waals surface area contributed by atoms with Crippen LogP contribution in [0.15, 0.2) is 30.6 Å². The summed E-state index contributed by atoms with van der Waals surface area (Å²) in [6.45, 7) is 0. The Kier molecular flexibility index (Phi) is 2.16. The van der Waals surface area contributed by atoms with Crippen molar-refractivity contribution < 1.29 is 0 Å². The Morgan fingerprint density at radius 1 is 1.46 bits per heavy atom. The van der Waals surface area contributed by atoms with Gasteiger partial charge in [0.25, 0.3) is 0 Å². The fourth-order valence-electron chi connectivity index (χ4n) is 1.03. The second-order valence-corrected chi connectivity index (χ2v) is 3.33. The molecular formula is C8H6ClN3S. The molecule has 0 aliphatic carbocycles. The Morgan fingerprint density at radius 3 is 2.92 bits per heavy atom. The number of rotatable bonds is 1. The molecule has 5 heteroatoms. The molecule has 0 aliphatic heterocycles. The lowest BCUT2D eigenvalue weighted by Gasteiger charge is -2.00. The Hall–Kier alpha value is -1.13. The zero-order chi connectivity index (χ0) is 9.26. The number of hydrogen-bond acceptors (Lipinski definition) is 2. The zero-order valence-corrected chi connectivity index (χ0v) is 8.14. The van der Waals surface area contributed by atoms with Gasteiger partial charge in [-0.1, -0.05) is 17.7 Å². The molecule has 0 unspecified atom stereocenters. The third-order valence-electron chi connectivity index (χ3n) is 1.59. The molecule has 66 valence electrons. The molecule has 1 heterocycles. The van der Waals surface area contributed by atoms with Crippen molar-refractivity contribution in [1.82, 2.24) is 14.8 Å². The molecule has 2 aromatic rings. The van der Waals surface area contributed by atoms with Gasteiger partial charge >= 0.3 is 0 Å². The summed E-state index contributed by atoms with van der Waals surface area (Å²) in [5.74, 6) is 0. The van der Waals surface area contributed by atoms with E-state index in [0.29, 0.717) is 9.79 Å². The highest BCUT2D eigenvalue weighted by atomic mass is 35.5. The van der Waals surface area contributed by atoms with Crippen molar-refractivity contribution in [2.45, 2.75) is 0 Å². The van der Waals surface area contributed by atoms with Gasteiger partial charge in [0.2, 0.25) is 4.77 Å². The number of nitrogens with one attached hydrogen (secondary N) is 1. The van der Waals surface area contributed by atoms with Crippen LogP contribution in [-0.2, 0) is 0 Å². The highest BCUT2D eigenvalue weighted by molar-refractivity contribution is 7.71. The number of H-pyrrole nitrogens is 1. The van der Waals surface area contributed by atoms with Gasteiger partial charge in [-0.3, -0.25) is 5.10 Å². The molecule has 1 aromatic carbocycles. The van der Waals surface area contributed by atoms with E-state index in [9.17, 15) is 0 Å². The number of aromatic nitrogens is 3. The minimum atomic E-state index is 0.458. The topological polar surface area (TPSA) is 33.6 Å². The van der Waals surface area contributed by atoms with E-state index in [0.717, 1.165) is 5.69 Å². The minimum absolute atomic E-state index is 0.458. The van der Waals surface area contributed by atoms with Crippen LogP contribution in [0.3, 0.4) is 0 Å². The van der Waals surface area contributed by atoms with E-state index in [2.05, 4.69) is 10.1 Å². The van der Waals surface area contributed by atoms with Crippen molar-refractivity contribution in [3.8, 4) is 5.69 Å². The van der Waals surface area contributed by atoms with E-state index in [-0.39, 0.29) is 0 Å². The molecule has 1 aromatic heterocycles. The van der Waals surface area contributed by atoms with E-state index in [1.165, 1.54) is 0 Å². The molecule has 0 amide bonds. The summed E-state index contributed by atoms with van der Waals surface area (Å²) in [6.07, 6.45) is 1.62. The first-order chi connectivity index (χ1) is 6.25. The summed E-state index contributed by atoms with van der Waals surface area (Å²) in [4.78, 5) is 3.90. The molecule has 0 fully saturated rings. The summed E-state index contributed by atoms with van der Waals surface area (Å²) >= 11 is 10.7. The van der Waals surface area contributed by atoms with E-state index in [4.69, 9.17) is 23.8 Å². The van der Waals surface area contributed by atoms with Crippen LogP contribution in [-0.4, -0.2) is 14.8 Å². The maximum absolute atomic E-state index is 5.83. The summed E-state index contributed by atoms with van der Waals surface area (Å²) in [5.41, 5.74) is 0.913. The van der Waals surface area contributed by atoms with Crippen LogP contribution in [0.2, 0.25) is 5.02 Å². The van der Waals surface area contributed by atoms with E-state index in [1.807, 2.05) is 24.3 Å². The monoisotopic (exact) mass is 211 g/mol. The maximum Gasteiger partial charge on any atom is 0.213 e. The van der Waals surface area contributed by atoms with Crippen molar-refractivity contribution in [3.05, 3.63) is 40.4 Å². The van der Waals surface area contributed by atoms with Gasteiger partial charge in [0, 0.05) is 5.02 Å². The van der Waals surface area contributed by atoms with Crippen molar-refractivity contribution in [2.24, 2.45) is 0 Å². The largest absolute Gasteiger partial charge is 0.267 e. The van der Waals surface area contributed by atoms with Gasteiger partial charge < -0.3 is 0 Å². The standard InChI is InChI=1S/C8H6ClN3S/c9-6-2-1-3-7(4-6)12-5-10-8(13)11-12/h1-5H,(H,11,13). The average molecular weight is 212 g/mol. The smallest absolute Gasteiger partial charge is 0.213 e. The highest BCUT2D eigenvalue weighted by Crippen LogP contribution is 2.12. The Morgan fingerprint density at radius 2 is 2.31 bits per heavy atom. The first-order valence-corrected chi connectivity index (χ1v) is 4.44. The van der Waals surface area contributed by atoms with Crippen LogP contribution in [0.25, 0.3) is 5.69 Å². The molecule has 0 saturated carbocycles. The Labute approximate surface area is 85.0 Å². The van der Waals surface area contributed by atoms with Gasteiger partial charge in [0.1, 0.15) is 6.33 Å². The predicted octanol–water partition coefficient (Wildman–Crippen LogP) is 2.58. The van der Waals surface area contributed by atoms with Crippen molar-refractivity contribution in [2.75, 3.05) is 0 Å². The van der Waals surface area contributed by atoms with Gasteiger partial charge in [-0.05, 0) is 30.4 Å². The maximum atomic E-state index is 5.83. The molecule has 0 aliphatic rings. The van der Waals surface area contributed by atoms with Crippen molar-refractivity contribution >= 4 is 23.8 Å². The Bertz CT molecular complexity index is 474. The molecule has 0 bridgehead atoms. The van der Waals surface area contributed by atoms with Crippen LogP contribution >= 0.6 is 23.8 Å². The first-order valence-electron chi connectivity index (χ1n) is 3.65. The first kappa shape index (κ1) is 8.47. The third kappa shape index (κ3) is 1.79. The fourth-order valence-corrected chi connectivity index (χ4v) is 1.36. The molecule has 2 rings (SSSR count). The summed E-state index contributed by atoms with van der Waals surface area (Å²) in [6, 6.07) is 7.43. The molecule has 3 nitrogen and oxygen atoms in total. The minimum Gasteiger partial charge on any atom is -0.267 e. The van der Waals surface area contributed by atoms with Crippen molar-refractivity contribution in [3.63, 3.8) is 0 Å². The lowest BCUT2D eigenvalue weighted by Crippen LogP contribution is -1.93. The van der Waals surface area contributed by atoms with Gasteiger partial charge in [-0.2, -0.15) is 0 Å². The molecule has 13 heavy (non-hydrogen) atoms. The number of nitrogens with zero attached hydrogens (tertiary/aromatic N) is 2. The quantitative estimate of drug-likeness (QED) is 0.736. The lowest BCUT2D eigenvalue weighted by molar-refractivity contribution is 0.874. The SMILES string of the molecule is S=c1ncn(-c2cccc(Cl)c2)[nH]1. The van der Waals surface area contributed by atoms with E-state index < -0.39 is 0 Å². The molecule has 0 spiro atoms. The predicted molar refractivity (Wildman–Crippen MR) is 53.8 cm³/mol.